The number of ether oxygens (including phenoxy) is 1. The number of nitriles is 1. The van der Waals surface area contributed by atoms with Crippen LogP contribution in [0, 0.1) is 17.1 Å². The van der Waals surface area contributed by atoms with Crippen LogP contribution in [0.1, 0.15) is 12.5 Å². The van der Waals surface area contributed by atoms with Crippen molar-refractivity contribution < 1.29 is 13.9 Å². The van der Waals surface area contributed by atoms with E-state index in [4.69, 9.17) is 5.26 Å². The molecule has 0 unspecified atom stereocenters. The monoisotopic (exact) mass is 208 g/mol. The maximum Gasteiger partial charge on any atom is 0.411 e. The van der Waals surface area contributed by atoms with Crippen molar-refractivity contribution in [2.75, 3.05) is 11.9 Å². The molecule has 1 aromatic carbocycles. The quantitative estimate of drug-likeness (QED) is 0.810. The Bertz CT molecular complexity index is 412. The van der Waals surface area contributed by atoms with E-state index in [9.17, 15) is 9.18 Å². The molecular weight excluding hydrogens is 199 g/mol. The van der Waals surface area contributed by atoms with Gasteiger partial charge < -0.3 is 4.74 Å². The van der Waals surface area contributed by atoms with Gasteiger partial charge in [-0.2, -0.15) is 5.26 Å². The first kappa shape index (κ1) is 11.0. The van der Waals surface area contributed by atoms with Crippen molar-refractivity contribution in [3.8, 4) is 6.07 Å². The summed E-state index contributed by atoms with van der Waals surface area (Å²) in [6, 6.07) is 5.38. The Hall–Kier alpha value is -2.09. The molecule has 5 heteroatoms. The van der Waals surface area contributed by atoms with E-state index in [0.717, 1.165) is 6.07 Å². The summed E-state index contributed by atoms with van der Waals surface area (Å²) in [7, 11) is 0. The molecule has 0 saturated carbocycles. The minimum atomic E-state index is -0.631. The van der Waals surface area contributed by atoms with Crippen LogP contribution >= 0.6 is 0 Å². The standard InChI is InChI=1S/C10H9FN2O2/c1-2-15-10(14)13-8-3-4-9(11)7(5-8)6-12/h3-5H,2H2,1H3,(H,13,14). The first-order valence-electron chi connectivity index (χ1n) is 4.30. The van der Waals surface area contributed by atoms with Crippen molar-refractivity contribution in [1.82, 2.24) is 0 Å². The van der Waals surface area contributed by atoms with Crippen LogP contribution in [0.25, 0.3) is 0 Å². The number of nitrogens with zero attached hydrogens (tertiary/aromatic N) is 1. The lowest BCUT2D eigenvalue weighted by Crippen LogP contribution is -2.13. The number of rotatable bonds is 2. The van der Waals surface area contributed by atoms with E-state index in [1.165, 1.54) is 12.1 Å². The minimum Gasteiger partial charge on any atom is -0.450 e. The highest BCUT2D eigenvalue weighted by Gasteiger charge is 2.05. The summed E-state index contributed by atoms with van der Waals surface area (Å²) >= 11 is 0. The normalized spacial score (nSPS) is 9.13. The van der Waals surface area contributed by atoms with Crippen molar-refractivity contribution in [2.24, 2.45) is 0 Å². The third-order valence-electron chi connectivity index (χ3n) is 1.61. The molecule has 0 aromatic heterocycles. The molecule has 0 saturated heterocycles. The van der Waals surface area contributed by atoms with Crippen LogP contribution in [-0.4, -0.2) is 12.7 Å². The maximum atomic E-state index is 12.9. The van der Waals surface area contributed by atoms with Crippen molar-refractivity contribution in [2.45, 2.75) is 6.92 Å². The summed E-state index contributed by atoms with van der Waals surface area (Å²) in [6.07, 6.45) is -0.631. The molecule has 0 heterocycles. The Morgan fingerprint density at radius 2 is 2.40 bits per heavy atom. The van der Waals surface area contributed by atoms with Gasteiger partial charge in [-0.3, -0.25) is 5.32 Å². The Morgan fingerprint density at radius 3 is 3.00 bits per heavy atom. The predicted molar refractivity (Wildman–Crippen MR) is 51.8 cm³/mol. The van der Waals surface area contributed by atoms with E-state index in [0.29, 0.717) is 5.69 Å². The van der Waals surface area contributed by atoms with Gasteiger partial charge in [-0.1, -0.05) is 0 Å². The highest BCUT2D eigenvalue weighted by atomic mass is 19.1. The van der Waals surface area contributed by atoms with Gasteiger partial charge in [0.1, 0.15) is 11.9 Å². The summed E-state index contributed by atoms with van der Waals surface area (Å²) in [5.41, 5.74) is 0.204. The van der Waals surface area contributed by atoms with Crippen LogP contribution in [0.15, 0.2) is 18.2 Å². The third kappa shape index (κ3) is 2.95. The van der Waals surface area contributed by atoms with E-state index >= 15 is 0 Å². The largest absolute Gasteiger partial charge is 0.450 e. The van der Waals surface area contributed by atoms with Gasteiger partial charge in [0.25, 0.3) is 0 Å². The predicted octanol–water partition coefficient (Wildman–Crippen LogP) is 2.27. The van der Waals surface area contributed by atoms with Gasteiger partial charge in [0.15, 0.2) is 0 Å². The molecule has 0 fully saturated rings. The number of benzene rings is 1. The van der Waals surface area contributed by atoms with Gasteiger partial charge in [-0.05, 0) is 25.1 Å². The zero-order valence-electron chi connectivity index (χ0n) is 8.08. The number of amides is 1. The summed E-state index contributed by atoms with van der Waals surface area (Å²) in [5.74, 6) is -0.619. The van der Waals surface area contributed by atoms with E-state index in [1.807, 2.05) is 0 Å². The lowest BCUT2D eigenvalue weighted by molar-refractivity contribution is 0.168. The SMILES string of the molecule is CCOC(=O)Nc1ccc(F)c(C#N)c1. The lowest BCUT2D eigenvalue weighted by atomic mass is 10.2. The average molecular weight is 208 g/mol. The molecule has 1 amide bonds. The maximum absolute atomic E-state index is 12.9. The number of carbonyl (C=O) groups excluding carboxylic acids is 1. The molecule has 0 aliphatic carbocycles. The topological polar surface area (TPSA) is 62.1 Å². The van der Waals surface area contributed by atoms with Crippen LogP contribution < -0.4 is 5.32 Å². The van der Waals surface area contributed by atoms with Crippen LogP contribution in [0.4, 0.5) is 14.9 Å². The van der Waals surface area contributed by atoms with Crippen molar-refractivity contribution in [1.29, 1.82) is 5.26 Å². The average Bonchev–Trinajstić information content (AvgIpc) is 2.21. The second kappa shape index (κ2) is 4.96. The molecule has 0 aliphatic rings. The molecule has 0 aliphatic heterocycles. The zero-order chi connectivity index (χ0) is 11.3. The fourth-order valence-corrected chi connectivity index (χ4v) is 0.974. The molecule has 78 valence electrons. The summed E-state index contributed by atoms with van der Waals surface area (Å²) in [4.78, 5) is 11.0. The molecule has 0 radical (unpaired) electrons. The number of carbonyl (C=O) groups is 1. The molecular formula is C10H9FN2O2. The number of hydrogen-bond donors (Lipinski definition) is 1. The van der Waals surface area contributed by atoms with Crippen LogP contribution in [-0.2, 0) is 4.74 Å². The van der Waals surface area contributed by atoms with Crippen LogP contribution in [0.5, 0.6) is 0 Å². The van der Waals surface area contributed by atoms with Gasteiger partial charge in [-0.15, -0.1) is 0 Å². The molecule has 0 spiro atoms. The summed E-state index contributed by atoms with van der Waals surface area (Å²) < 4.78 is 17.5. The van der Waals surface area contributed by atoms with Gasteiger partial charge in [0.05, 0.1) is 12.2 Å². The molecule has 0 atom stereocenters. The van der Waals surface area contributed by atoms with Gasteiger partial charge in [-0.25, -0.2) is 9.18 Å². The molecule has 0 bridgehead atoms. The number of anilines is 1. The van der Waals surface area contributed by atoms with Crippen molar-refractivity contribution in [3.05, 3.63) is 29.6 Å². The Balaban J connectivity index is 2.80. The molecule has 4 nitrogen and oxygen atoms in total. The molecule has 1 N–H and O–H groups in total. The number of nitrogens with one attached hydrogen (secondary N) is 1. The lowest BCUT2D eigenvalue weighted by Gasteiger charge is -2.05. The van der Waals surface area contributed by atoms with E-state index in [2.05, 4.69) is 10.1 Å². The number of halogens is 1. The first-order valence-corrected chi connectivity index (χ1v) is 4.30. The van der Waals surface area contributed by atoms with E-state index in [1.54, 1.807) is 13.0 Å². The van der Waals surface area contributed by atoms with E-state index in [-0.39, 0.29) is 12.2 Å². The zero-order valence-corrected chi connectivity index (χ0v) is 8.08. The number of hydrogen-bond acceptors (Lipinski definition) is 3. The van der Waals surface area contributed by atoms with Gasteiger partial charge in [0.2, 0.25) is 0 Å². The highest BCUT2D eigenvalue weighted by Crippen LogP contribution is 2.13. The van der Waals surface area contributed by atoms with E-state index < -0.39 is 11.9 Å². The third-order valence-corrected chi connectivity index (χ3v) is 1.61. The Kier molecular flexibility index (Phi) is 3.63. The minimum absolute atomic E-state index is 0.121. The highest BCUT2D eigenvalue weighted by molar-refractivity contribution is 5.84. The van der Waals surface area contributed by atoms with Crippen molar-refractivity contribution >= 4 is 11.8 Å². The summed E-state index contributed by atoms with van der Waals surface area (Å²) in [6.45, 7) is 1.92. The molecule has 1 rings (SSSR count). The fourth-order valence-electron chi connectivity index (χ4n) is 0.974. The second-order valence-corrected chi connectivity index (χ2v) is 2.65. The van der Waals surface area contributed by atoms with Crippen molar-refractivity contribution in [3.63, 3.8) is 0 Å². The molecule has 1 aromatic rings. The Morgan fingerprint density at radius 1 is 1.67 bits per heavy atom. The first-order chi connectivity index (χ1) is 7.17. The molecule has 15 heavy (non-hydrogen) atoms. The summed E-state index contributed by atoms with van der Waals surface area (Å²) in [5, 5.41) is 10.9. The van der Waals surface area contributed by atoms with Crippen LogP contribution in [0.2, 0.25) is 0 Å². The smallest absolute Gasteiger partial charge is 0.411 e. The fraction of sp³-hybridized carbons (Fsp3) is 0.200. The van der Waals surface area contributed by atoms with Crippen LogP contribution in [0.3, 0.4) is 0 Å². The Labute approximate surface area is 86.3 Å². The second-order valence-electron chi connectivity index (χ2n) is 2.65. The van der Waals surface area contributed by atoms with Gasteiger partial charge in [0, 0.05) is 5.69 Å². The van der Waals surface area contributed by atoms with Gasteiger partial charge >= 0.3 is 6.09 Å².